The van der Waals surface area contributed by atoms with Gasteiger partial charge >= 0.3 is 0 Å². The van der Waals surface area contributed by atoms with Crippen LogP contribution in [-0.2, 0) is 4.79 Å². The van der Waals surface area contributed by atoms with Crippen molar-refractivity contribution in [2.45, 2.75) is 31.6 Å². The number of nitro benzene ring substituents is 1. The molecule has 1 fully saturated rings. The van der Waals surface area contributed by atoms with E-state index in [0.29, 0.717) is 10.7 Å². The van der Waals surface area contributed by atoms with Crippen LogP contribution in [0.25, 0.3) is 0 Å². The molecular formula is C20H20N4O3S. The Labute approximate surface area is 167 Å². The van der Waals surface area contributed by atoms with Crippen LogP contribution in [0.15, 0.2) is 64.8 Å². The molecule has 144 valence electrons. The zero-order valence-electron chi connectivity index (χ0n) is 15.8. The number of hydrogen-bond acceptors (Lipinski definition) is 6. The van der Waals surface area contributed by atoms with Crippen molar-refractivity contribution in [1.29, 1.82) is 0 Å². The van der Waals surface area contributed by atoms with E-state index < -0.39 is 10.5 Å². The molecule has 1 heterocycles. The molecule has 7 nitrogen and oxygen atoms in total. The fraction of sp³-hybridized carbons (Fsp3) is 0.250. The first-order valence-corrected chi connectivity index (χ1v) is 9.56. The van der Waals surface area contributed by atoms with E-state index in [-0.39, 0.29) is 16.8 Å². The van der Waals surface area contributed by atoms with E-state index in [4.69, 9.17) is 0 Å². The molecule has 0 bridgehead atoms. The molecular weight excluding hydrogens is 376 g/mol. The SMILES string of the molecule is CC(C)(C)N1C(=O)[C@H](c2ccccc2)S/C1=N/N=C\c1cccc([N+](=O)[O-])c1. The first kappa shape index (κ1) is 19.8. The van der Waals surface area contributed by atoms with E-state index in [1.807, 2.05) is 51.1 Å². The number of benzene rings is 2. The molecule has 2 aromatic rings. The van der Waals surface area contributed by atoms with Gasteiger partial charge in [-0.2, -0.15) is 5.10 Å². The standard InChI is InChI=1S/C20H20N4O3S/c1-20(2,3)23-18(25)17(15-9-5-4-6-10-15)28-19(23)22-21-13-14-8-7-11-16(12-14)24(26)27/h4-13,17H,1-3H3/b21-13-,22-19+/t17-/m0/s1. The van der Waals surface area contributed by atoms with Crippen molar-refractivity contribution < 1.29 is 9.72 Å². The Balaban J connectivity index is 1.89. The van der Waals surface area contributed by atoms with Gasteiger partial charge in [-0.05, 0) is 26.3 Å². The van der Waals surface area contributed by atoms with Gasteiger partial charge in [-0.1, -0.05) is 54.2 Å². The number of nitrogens with zero attached hydrogens (tertiary/aromatic N) is 4. The average Bonchev–Trinajstić information content (AvgIpc) is 2.99. The van der Waals surface area contributed by atoms with Crippen LogP contribution in [0.3, 0.4) is 0 Å². The van der Waals surface area contributed by atoms with E-state index in [9.17, 15) is 14.9 Å². The summed E-state index contributed by atoms with van der Waals surface area (Å²) in [6.45, 7) is 5.83. The molecule has 1 saturated heterocycles. The van der Waals surface area contributed by atoms with Gasteiger partial charge in [-0.3, -0.25) is 19.8 Å². The lowest BCUT2D eigenvalue weighted by molar-refractivity contribution is -0.384. The fourth-order valence-electron chi connectivity index (χ4n) is 2.81. The van der Waals surface area contributed by atoms with Gasteiger partial charge in [0.1, 0.15) is 5.25 Å². The number of thioether (sulfide) groups is 1. The maximum absolute atomic E-state index is 13.0. The van der Waals surface area contributed by atoms with Gasteiger partial charge in [0.25, 0.3) is 5.69 Å². The van der Waals surface area contributed by atoms with Crippen molar-refractivity contribution in [3.05, 3.63) is 75.8 Å². The molecule has 0 radical (unpaired) electrons. The third-order valence-corrected chi connectivity index (χ3v) is 5.25. The second kappa shape index (κ2) is 7.93. The minimum atomic E-state index is -0.458. The van der Waals surface area contributed by atoms with Crippen LogP contribution in [0.2, 0.25) is 0 Å². The summed E-state index contributed by atoms with van der Waals surface area (Å²) < 4.78 is 0. The number of amides is 1. The van der Waals surface area contributed by atoms with E-state index in [1.165, 1.54) is 30.1 Å². The van der Waals surface area contributed by atoms with Crippen LogP contribution in [0.1, 0.15) is 37.1 Å². The highest BCUT2D eigenvalue weighted by atomic mass is 32.2. The summed E-state index contributed by atoms with van der Waals surface area (Å²) in [6.07, 6.45) is 1.45. The summed E-state index contributed by atoms with van der Waals surface area (Å²) >= 11 is 1.35. The molecule has 0 N–H and O–H groups in total. The number of carbonyl (C=O) groups is 1. The maximum atomic E-state index is 13.0. The molecule has 0 unspecified atom stereocenters. The number of amidine groups is 1. The smallest absolute Gasteiger partial charge is 0.270 e. The largest absolute Gasteiger partial charge is 0.283 e. The Bertz CT molecular complexity index is 951. The first-order chi connectivity index (χ1) is 13.3. The molecule has 1 aliphatic rings. The van der Waals surface area contributed by atoms with Crippen LogP contribution >= 0.6 is 11.8 Å². The lowest BCUT2D eigenvalue weighted by atomic mass is 10.0. The molecule has 2 aromatic carbocycles. The minimum absolute atomic E-state index is 0.0116. The molecule has 1 amide bonds. The number of carbonyl (C=O) groups excluding carboxylic acids is 1. The van der Waals surface area contributed by atoms with E-state index in [0.717, 1.165) is 5.56 Å². The highest BCUT2D eigenvalue weighted by molar-refractivity contribution is 8.15. The van der Waals surface area contributed by atoms with E-state index in [2.05, 4.69) is 10.2 Å². The summed E-state index contributed by atoms with van der Waals surface area (Å²) in [5.41, 5.74) is 1.02. The highest BCUT2D eigenvalue weighted by Crippen LogP contribution is 2.42. The van der Waals surface area contributed by atoms with Crippen molar-refractivity contribution in [3.8, 4) is 0 Å². The van der Waals surface area contributed by atoms with Crippen molar-refractivity contribution in [1.82, 2.24) is 4.90 Å². The van der Waals surface area contributed by atoms with Gasteiger partial charge < -0.3 is 0 Å². The molecule has 8 heteroatoms. The zero-order valence-corrected chi connectivity index (χ0v) is 16.6. The zero-order chi connectivity index (χ0) is 20.3. The Hall–Kier alpha value is -3.00. The summed E-state index contributed by atoms with van der Waals surface area (Å²) in [5.74, 6) is -0.0343. The van der Waals surface area contributed by atoms with Gasteiger partial charge in [-0.25, -0.2) is 0 Å². The second-order valence-corrected chi connectivity index (χ2v) is 8.30. The fourth-order valence-corrected chi connectivity index (χ4v) is 4.08. The Morgan fingerprint density at radius 3 is 2.50 bits per heavy atom. The van der Waals surface area contributed by atoms with E-state index in [1.54, 1.807) is 17.0 Å². The van der Waals surface area contributed by atoms with Crippen LogP contribution in [-0.4, -0.2) is 32.7 Å². The van der Waals surface area contributed by atoms with Gasteiger partial charge in [0.15, 0.2) is 5.17 Å². The molecule has 0 spiro atoms. The molecule has 0 aromatic heterocycles. The predicted molar refractivity (Wildman–Crippen MR) is 111 cm³/mol. The maximum Gasteiger partial charge on any atom is 0.270 e. The van der Waals surface area contributed by atoms with Crippen molar-refractivity contribution in [3.63, 3.8) is 0 Å². The second-order valence-electron chi connectivity index (χ2n) is 7.23. The van der Waals surface area contributed by atoms with Gasteiger partial charge in [0.05, 0.1) is 11.1 Å². The number of nitro groups is 1. The van der Waals surface area contributed by atoms with Gasteiger partial charge in [0, 0.05) is 23.2 Å². The Morgan fingerprint density at radius 1 is 1.14 bits per heavy atom. The van der Waals surface area contributed by atoms with Gasteiger partial charge in [-0.15, -0.1) is 5.10 Å². The lowest BCUT2D eigenvalue weighted by Crippen LogP contribution is -2.45. The third-order valence-electron chi connectivity index (χ3n) is 4.06. The van der Waals surface area contributed by atoms with Crippen LogP contribution < -0.4 is 0 Å². The summed E-state index contributed by atoms with van der Waals surface area (Å²) in [6, 6.07) is 15.7. The van der Waals surface area contributed by atoms with Crippen molar-refractivity contribution >= 4 is 34.7 Å². The Kier molecular flexibility index (Phi) is 5.60. The number of hydrogen-bond donors (Lipinski definition) is 0. The van der Waals surface area contributed by atoms with Crippen LogP contribution in [0.4, 0.5) is 5.69 Å². The normalized spacial score (nSPS) is 19.0. The lowest BCUT2D eigenvalue weighted by Gasteiger charge is -2.30. The van der Waals surface area contributed by atoms with Gasteiger partial charge in [0.2, 0.25) is 5.91 Å². The summed E-state index contributed by atoms with van der Waals surface area (Å²) in [5, 5.41) is 19.3. The number of non-ortho nitro benzene ring substituents is 1. The van der Waals surface area contributed by atoms with Crippen LogP contribution in [0, 0.1) is 10.1 Å². The minimum Gasteiger partial charge on any atom is -0.283 e. The average molecular weight is 396 g/mol. The number of rotatable bonds is 4. The quantitative estimate of drug-likeness (QED) is 0.435. The summed E-state index contributed by atoms with van der Waals surface area (Å²) in [4.78, 5) is 25.1. The monoisotopic (exact) mass is 396 g/mol. The molecule has 1 aliphatic heterocycles. The first-order valence-electron chi connectivity index (χ1n) is 8.68. The predicted octanol–water partition coefficient (Wildman–Crippen LogP) is 4.40. The molecule has 0 aliphatic carbocycles. The third kappa shape index (κ3) is 4.28. The molecule has 0 saturated carbocycles. The Morgan fingerprint density at radius 2 is 1.86 bits per heavy atom. The van der Waals surface area contributed by atoms with Crippen LogP contribution in [0.5, 0.6) is 0 Å². The molecule has 1 atom stereocenters. The van der Waals surface area contributed by atoms with Crippen molar-refractivity contribution in [2.75, 3.05) is 0 Å². The highest BCUT2D eigenvalue weighted by Gasteiger charge is 2.44. The van der Waals surface area contributed by atoms with E-state index >= 15 is 0 Å². The summed E-state index contributed by atoms with van der Waals surface area (Å²) in [7, 11) is 0. The molecule has 28 heavy (non-hydrogen) atoms. The topological polar surface area (TPSA) is 88.2 Å². The van der Waals surface area contributed by atoms with Crippen molar-refractivity contribution in [2.24, 2.45) is 10.2 Å². The molecule has 3 rings (SSSR count).